The Hall–Kier alpha value is -2.57. The molecule has 0 aliphatic heterocycles. The van der Waals surface area contributed by atoms with Crippen LogP contribution >= 0.6 is 27.3 Å². The summed E-state index contributed by atoms with van der Waals surface area (Å²) >= 11 is 4.34. The first-order chi connectivity index (χ1) is 13.5. The van der Waals surface area contributed by atoms with Gasteiger partial charge < -0.3 is 10.1 Å². The van der Waals surface area contributed by atoms with Crippen LogP contribution in [0.4, 0.5) is 14.6 Å². The summed E-state index contributed by atoms with van der Waals surface area (Å²) in [6.07, 6.45) is 1.56. The second-order valence-electron chi connectivity index (χ2n) is 5.66. The molecule has 9 heteroatoms. The van der Waals surface area contributed by atoms with Crippen molar-refractivity contribution in [3.05, 3.63) is 57.1 Å². The summed E-state index contributed by atoms with van der Waals surface area (Å²) in [5.74, 6) is -0.140. The normalized spacial score (nSPS) is 10.5. The van der Waals surface area contributed by atoms with Gasteiger partial charge in [0.1, 0.15) is 40.5 Å². The number of nitriles is 1. The van der Waals surface area contributed by atoms with Gasteiger partial charge in [0.15, 0.2) is 0 Å². The quantitative estimate of drug-likeness (QED) is 0.522. The Morgan fingerprint density at radius 3 is 2.64 bits per heavy atom. The first-order valence-corrected chi connectivity index (χ1v) is 9.99. The van der Waals surface area contributed by atoms with Crippen LogP contribution in [-0.2, 0) is 6.42 Å². The molecule has 3 aromatic rings. The minimum absolute atomic E-state index is 0.0169. The molecule has 0 amide bonds. The lowest BCUT2D eigenvalue weighted by Gasteiger charge is -2.08. The van der Waals surface area contributed by atoms with E-state index >= 15 is 0 Å². The number of ether oxygens (including phenoxy) is 1. The highest BCUT2D eigenvalue weighted by atomic mass is 79.9. The lowest BCUT2D eigenvalue weighted by molar-refractivity contribution is 0.341. The lowest BCUT2D eigenvalue weighted by atomic mass is 10.1. The van der Waals surface area contributed by atoms with Gasteiger partial charge in [-0.1, -0.05) is 15.9 Å². The molecule has 2 aromatic heterocycles. The third-order valence-corrected chi connectivity index (χ3v) is 5.31. The third kappa shape index (κ3) is 4.64. The van der Waals surface area contributed by atoms with Crippen molar-refractivity contribution < 1.29 is 13.5 Å². The van der Waals surface area contributed by atoms with Crippen molar-refractivity contribution in [1.29, 1.82) is 5.26 Å². The van der Waals surface area contributed by atoms with Gasteiger partial charge in [0, 0.05) is 28.7 Å². The van der Waals surface area contributed by atoms with Crippen molar-refractivity contribution in [3.8, 4) is 22.4 Å². The van der Waals surface area contributed by atoms with E-state index in [9.17, 15) is 14.0 Å². The standard InChI is InChI=1S/C19H15BrF2N4OS/c1-2-27-16-8-17(28-18(16)9-23)15-7-19(26-10-25-15)24-4-3-12-13(21)5-11(20)6-14(12)22/h5-8,10H,2-4H2,1H3,(H,24,25,26). The van der Waals surface area contributed by atoms with Crippen LogP contribution < -0.4 is 10.1 Å². The fourth-order valence-electron chi connectivity index (χ4n) is 2.56. The summed E-state index contributed by atoms with van der Waals surface area (Å²) in [4.78, 5) is 9.62. The van der Waals surface area contributed by atoms with E-state index in [0.717, 1.165) is 4.88 Å². The van der Waals surface area contributed by atoms with E-state index in [4.69, 9.17) is 4.74 Å². The average molecular weight is 465 g/mol. The number of hydrogen-bond donors (Lipinski definition) is 1. The van der Waals surface area contributed by atoms with Gasteiger partial charge in [-0.05, 0) is 25.5 Å². The second-order valence-corrected chi connectivity index (χ2v) is 7.63. The Morgan fingerprint density at radius 2 is 1.96 bits per heavy atom. The SMILES string of the molecule is CCOc1cc(-c2cc(NCCc3c(F)cc(Br)cc3F)ncn2)sc1C#N. The van der Waals surface area contributed by atoms with E-state index < -0.39 is 11.6 Å². The number of benzene rings is 1. The smallest absolute Gasteiger partial charge is 0.148 e. The van der Waals surface area contributed by atoms with E-state index in [1.165, 1.54) is 29.8 Å². The van der Waals surface area contributed by atoms with Crippen LogP contribution in [0.5, 0.6) is 5.75 Å². The van der Waals surface area contributed by atoms with Gasteiger partial charge in [-0.3, -0.25) is 0 Å². The fourth-order valence-corrected chi connectivity index (χ4v) is 3.82. The van der Waals surface area contributed by atoms with Crippen LogP contribution in [0.2, 0.25) is 0 Å². The van der Waals surface area contributed by atoms with Gasteiger partial charge in [0.05, 0.1) is 17.2 Å². The third-order valence-electron chi connectivity index (χ3n) is 3.81. The van der Waals surface area contributed by atoms with Crippen LogP contribution in [-0.4, -0.2) is 23.1 Å². The van der Waals surface area contributed by atoms with E-state index in [1.54, 1.807) is 12.1 Å². The average Bonchev–Trinajstić information content (AvgIpc) is 3.07. The molecule has 0 fully saturated rings. The van der Waals surface area contributed by atoms with Crippen LogP contribution in [0.25, 0.3) is 10.6 Å². The largest absolute Gasteiger partial charge is 0.492 e. The Labute approximate surface area is 173 Å². The molecule has 3 rings (SSSR count). The van der Waals surface area contributed by atoms with E-state index in [2.05, 4.69) is 37.3 Å². The maximum atomic E-state index is 13.9. The number of nitrogens with zero attached hydrogens (tertiary/aromatic N) is 3. The molecule has 0 radical (unpaired) electrons. The Kier molecular flexibility index (Phi) is 6.54. The van der Waals surface area contributed by atoms with E-state index in [1.807, 2.05) is 6.92 Å². The maximum absolute atomic E-state index is 13.9. The van der Waals surface area contributed by atoms with Gasteiger partial charge in [-0.25, -0.2) is 18.7 Å². The molecular weight excluding hydrogens is 450 g/mol. The van der Waals surface area contributed by atoms with Crippen molar-refractivity contribution >= 4 is 33.1 Å². The number of aromatic nitrogens is 2. The first kappa shape index (κ1) is 20.2. The molecule has 0 unspecified atom stereocenters. The van der Waals surface area contributed by atoms with Crippen LogP contribution in [0.15, 0.2) is 35.1 Å². The van der Waals surface area contributed by atoms with Gasteiger partial charge in [0.2, 0.25) is 0 Å². The summed E-state index contributed by atoms with van der Waals surface area (Å²) in [5.41, 5.74) is 0.647. The van der Waals surface area contributed by atoms with Crippen molar-refractivity contribution in [1.82, 2.24) is 9.97 Å². The Balaban J connectivity index is 1.72. The topological polar surface area (TPSA) is 70.8 Å². The minimum Gasteiger partial charge on any atom is -0.492 e. The van der Waals surface area contributed by atoms with Crippen LogP contribution in [0.1, 0.15) is 17.4 Å². The number of nitrogens with one attached hydrogen (secondary N) is 1. The first-order valence-electron chi connectivity index (χ1n) is 8.38. The molecule has 2 heterocycles. The van der Waals surface area contributed by atoms with Crippen molar-refractivity contribution in [2.75, 3.05) is 18.5 Å². The number of rotatable bonds is 7. The molecule has 0 spiro atoms. The van der Waals surface area contributed by atoms with Gasteiger partial charge in [-0.2, -0.15) is 5.26 Å². The molecule has 0 bridgehead atoms. The highest BCUT2D eigenvalue weighted by Gasteiger charge is 2.13. The van der Waals surface area contributed by atoms with Crippen LogP contribution in [0, 0.1) is 23.0 Å². The fraction of sp³-hybridized carbons (Fsp3) is 0.211. The molecule has 0 aliphatic carbocycles. The predicted octanol–water partition coefficient (Wildman–Crippen LogP) is 5.17. The number of halogens is 3. The summed E-state index contributed by atoms with van der Waals surface area (Å²) in [6, 6.07) is 8.07. The molecule has 1 aromatic carbocycles. The Morgan fingerprint density at radius 1 is 1.21 bits per heavy atom. The molecule has 0 aliphatic rings. The zero-order valence-electron chi connectivity index (χ0n) is 14.8. The zero-order valence-corrected chi connectivity index (χ0v) is 17.2. The van der Waals surface area contributed by atoms with Crippen molar-refractivity contribution in [2.24, 2.45) is 0 Å². The second kappa shape index (κ2) is 9.08. The molecule has 28 heavy (non-hydrogen) atoms. The predicted molar refractivity (Wildman–Crippen MR) is 107 cm³/mol. The van der Waals surface area contributed by atoms with Crippen molar-refractivity contribution in [3.63, 3.8) is 0 Å². The van der Waals surface area contributed by atoms with E-state index in [0.29, 0.717) is 39.8 Å². The number of hydrogen-bond acceptors (Lipinski definition) is 6. The highest BCUT2D eigenvalue weighted by Crippen LogP contribution is 2.35. The maximum Gasteiger partial charge on any atom is 0.148 e. The van der Waals surface area contributed by atoms with Gasteiger partial charge in [-0.15, -0.1) is 11.3 Å². The number of anilines is 1. The minimum atomic E-state index is -0.594. The van der Waals surface area contributed by atoms with Crippen LogP contribution in [0.3, 0.4) is 0 Å². The summed E-state index contributed by atoms with van der Waals surface area (Å²) in [5, 5.41) is 12.3. The monoisotopic (exact) mass is 464 g/mol. The molecule has 0 saturated heterocycles. The Bertz CT molecular complexity index is 1010. The zero-order chi connectivity index (χ0) is 20.1. The summed E-state index contributed by atoms with van der Waals surface area (Å²) < 4.78 is 33.6. The molecular formula is C19H15BrF2N4OS. The summed E-state index contributed by atoms with van der Waals surface area (Å²) in [6.45, 7) is 2.61. The molecule has 0 atom stereocenters. The summed E-state index contributed by atoms with van der Waals surface area (Å²) in [7, 11) is 0. The molecule has 0 saturated carbocycles. The van der Waals surface area contributed by atoms with E-state index in [-0.39, 0.29) is 12.0 Å². The lowest BCUT2D eigenvalue weighted by Crippen LogP contribution is -2.09. The molecule has 144 valence electrons. The number of thiophene rings is 1. The molecule has 1 N–H and O–H groups in total. The van der Waals surface area contributed by atoms with Gasteiger partial charge in [0.25, 0.3) is 0 Å². The van der Waals surface area contributed by atoms with Crippen molar-refractivity contribution in [2.45, 2.75) is 13.3 Å². The highest BCUT2D eigenvalue weighted by molar-refractivity contribution is 9.10. The molecule has 5 nitrogen and oxygen atoms in total. The van der Waals surface area contributed by atoms with Gasteiger partial charge >= 0.3 is 0 Å².